The van der Waals surface area contributed by atoms with Crippen LogP contribution in [0.15, 0.2) is 24.3 Å². The second-order valence-corrected chi connectivity index (χ2v) is 8.68. The molecule has 0 aromatic heterocycles. The number of carbonyl (C=O) groups is 2. The summed E-state index contributed by atoms with van der Waals surface area (Å²) in [6.45, 7) is 9.05. The lowest BCUT2D eigenvalue weighted by Gasteiger charge is -2.37. The Morgan fingerprint density at radius 1 is 1.43 bits per heavy atom. The molecule has 1 saturated heterocycles. The van der Waals surface area contributed by atoms with Gasteiger partial charge in [0.25, 0.3) is 0 Å². The summed E-state index contributed by atoms with van der Waals surface area (Å²) < 4.78 is 11.0. The third kappa shape index (κ3) is 3.17. The number of hydrogen-bond acceptors (Lipinski definition) is 7. The van der Waals surface area contributed by atoms with E-state index >= 15 is 0 Å². The highest BCUT2D eigenvalue weighted by atomic mass is 35.5. The molecule has 0 aromatic carbocycles. The molecule has 0 aromatic rings. The molecule has 3 fully saturated rings. The maximum Gasteiger partial charge on any atom is 0.339 e. The van der Waals surface area contributed by atoms with Gasteiger partial charge in [0.05, 0.1) is 23.8 Å². The Labute approximate surface area is 172 Å². The average Bonchev–Trinajstić information content (AvgIpc) is 3.04. The van der Waals surface area contributed by atoms with Crippen LogP contribution in [0.25, 0.3) is 0 Å². The molecule has 0 spiro atoms. The topological polar surface area (TPSA) is 113 Å². The molecule has 8 atom stereocenters. The monoisotopic (exact) mass is 434 g/mol. The number of alkyl halides is 2. The van der Waals surface area contributed by atoms with Crippen molar-refractivity contribution in [1.29, 1.82) is 0 Å². The van der Waals surface area contributed by atoms with E-state index in [9.17, 15) is 24.9 Å². The van der Waals surface area contributed by atoms with Crippen LogP contribution in [0.1, 0.15) is 19.8 Å². The number of halogens is 2. The molecule has 1 aliphatic heterocycles. The van der Waals surface area contributed by atoms with Gasteiger partial charge in [-0.15, -0.1) is 23.2 Å². The van der Waals surface area contributed by atoms with Gasteiger partial charge < -0.3 is 24.8 Å². The Balaban J connectivity index is 2.01. The molecule has 28 heavy (non-hydrogen) atoms. The minimum absolute atomic E-state index is 0.0973. The summed E-state index contributed by atoms with van der Waals surface area (Å²) in [5.41, 5.74) is -2.87. The normalized spacial score (nSPS) is 42.3. The molecule has 156 valence electrons. The quantitative estimate of drug-likeness (QED) is 0.260. The van der Waals surface area contributed by atoms with E-state index in [1.54, 1.807) is 0 Å². The Hall–Kier alpha value is -1.12. The number of rotatable bonds is 4. The fraction of sp³-hybridized carbons (Fsp3) is 0.684. The highest BCUT2D eigenvalue weighted by Gasteiger charge is 2.64. The van der Waals surface area contributed by atoms with Crippen LogP contribution in [-0.2, 0) is 19.1 Å². The lowest BCUT2D eigenvalue weighted by atomic mass is 9.76. The molecule has 0 unspecified atom stereocenters. The Kier molecular flexibility index (Phi) is 5.62. The van der Waals surface area contributed by atoms with E-state index in [1.807, 2.05) is 0 Å². The molecular weight excluding hydrogens is 411 g/mol. The number of aliphatic hydroxyl groups excluding tert-OH is 1. The third-order valence-corrected chi connectivity index (χ3v) is 7.19. The molecule has 0 radical (unpaired) electrons. The summed E-state index contributed by atoms with van der Waals surface area (Å²) in [6, 6.07) is 0. The average molecular weight is 435 g/mol. The molecule has 3 N–H and O–H groups in total. The highest BCUT2D eigenvalue weighted by Crippen LogP contribution is 2.55. The lowest BCUT2D eigenvalue weighted by Crippen LogP contribution is -2.52. The van der Waals surface area contributed by atoms with Gasteiger partial charge >= 0.3 is 11.9 Å². The van der Waals surface area contributed by atoms with Crippen molar-refractivity contribution in [1.82, 2.24) is 0 Å². The third-order valence-electron chi connectivity index (χ3n) is 6.24. The number of ether oxygens (including phenoxy) is 2. The molecule has 3 rings (SSSR count). The van der Waals surface area contributed by atoms with Gasteiger partial charge in [-0.05, 0) is 19.3 Å². The summed E-state index contributed by atoms with van der Waals surface area (Å²) in [5, 5.41) is 31.6. The fourth-order valence-corrected chi connectivity index (χ4v) is 5.05. The van der Waals surface area contributed by atoms with Gasteiger partial charge in [-0.3, -0.25) is 0 Å². The van der Waals surface area contributed by atoms with Gasteiger partial charge in [0.2, 0.25) is 0 Å². The SMILES string of the molecule is C=C1C(=O)O[C@H]2[C@H]1[C@@H](OC(=O)[C@](C)(O)CCl)CC(=C)[C@@H]1C[C@H](O)[C@](O)(CCl)[C@H]21. The number of aliphatic hydroxyl groups is 3. The van der Waals surface area contributed by atoms with Gasteiger partial charge in [0.15, 0.2) is 5.60 Å². The van der Waals surface area contributed by atoms with E-state index < -0.39 is 53.3 Å². The fourth-order valence-electron chi connectivity index (χ4n) is 4.58. The molecule has 2 saturated carbocycles. The van der Waals surface area contributed by atoms with Crippen LogP contribution < -0.4 is 0 Å². The molecule has 2 aliphatic carbocycles. The standard InChI is InChI=1S/C19H24Cl2O7/c1-8-4-11(27-17(24)18(3,25)6-20)13-9(2)16(23)28-15(13)14-10(8)5-12(22)19(14,26)7-21/h10-15,22,25-26H,1-2,4-7H2,3H3/t10-,11-,12-,13+,14-,15-,18+,19+/m0/s1. The second kappa shape index (κ2) is 7.29. The van der Waals surface area contributed by atoms with Crippen molar-refractivity contribution < 1.29 is 34.4 Å². The van der Waals surface area contributed by atoms with E-state index in [-0.39, 0.29) is 36.1 Å². The zero-order valence-electron chi connectivity index (χ0n) is 15.4. The molecular formula is C19H24Cl2O7. The van der Waals surface area contributed by atoms with Crippen molar-refractivity contribution >= 4 is 35.1 Å². The number of esters is 2. The lowest BCUT2D eigenvalue weighted by molar-refractivity contribution is -0.172. The van der Waals surface area contributed by atoms with Gasteiger partial charge in [-0.25, -0.2) is 9.59 Å². The summed E-state index contributed by atoms with van der Waals surface area (Å²) in [6.07, 6.45) is -2.54. The molecule has 3 aliphatic rings. The Morgan fingerprint density at radius 2 is 2.07 bits per heavy atom. The summed E-state index contributed by atoms with van der Waals surface area (Å²) in [5.74, 6) is -4.11. The Bertz CT molecular complexity index is 721. The zero-order chi connectivity index (χ0) is 21.0. The minimum atomic E-state index is -1.90. The van der Waals surface area contributed by atoms with Crippen LogP contribution in [0.5, 0.6) is 0 Å². The molecule has 9 heteroatoms. The maximum absolute atomic E-state index is 12.4. The predicted octanol–water partition coefficient (Wildman–Crippen LogP) is 0.913. The van der Waals surface area contributed by atoms with Gasteiger partial charge in [-0.2, -0.15) is 0 Å². The van der Waals surface area contributed by atoms with Crippen molar-refractivity contribution in [3.63, 3.8) is 0 Å². The number of fused-ring (bicyclic) bond motifs is 3. The van der Waals surface area contributed by atoms with Crippen molar-refractivity contribution in [3.05, 3.63) is 24.3 Å². The van der Waals surface area contributed by atoms with Crippen LogP contribution in [0, 0.1) is 17.8 Å². The summed E-state index contributed by atoms with van der Waals surface area (Å²) >= 11 is 11.6. The maximum atomic E-state index is 12.4. The van der Waals surface area contributed by atoms with Gasteiger partial charge in [-0.1, -0.05) is 18.7 Å². The van der Waals surface area contributed by atoms with Crippen molar-refractivity contribution in [2.75, 3.05) is 11.8 Å². The smallest absolute Gasteiger partial charge is 0.339 e. The summed E-state index contributed by atoms with van der Waals surface area (Å²) in [7, 11) is 0. The van der Waals surface area contributed by atoms with Crippen LogP contribution >= 0.6 is 23.2 Å². The summed E-state index contributed by atoms with van der Waals surface area (Å²) in [4.78, 5) is 24.6. The largest absolute Gasteiger partial charge is 0.459 e. The highest BCUT2D eigenvalue weighted by molar-refractivity contribution is 6.20. The van der Waals surface area contributed by atoms with Crippen LogP contribution in [0.2, 0.25) is 0 Å². The Morgan fingerprint density at radius 3 is 2.64 bits per heavy atom. The molecule has 1 heterocycles. The molecule has 0 amide bonds. The van der Waals surface area contributed by atoms with E-state index in [0.717, 1.165) is 0 Å². The van der Waals surface area contributed by atoms with E-state index in [2.05, 4.69) is 13.2 Å². The molecule has 7 nitrogen and oxygen atoms in total. The van der Waals surface area contributed by atoms with E-state index in [1.165, 1.54) is 6.92 Å². The molecule has 0 bridgehead atoms. The number of hydrogen-bond donors (Lipinski definition) is 3. The van der Waals surface area contributed by atoms with Crippen molar-refractivity contribution in [2.45, 2.75) is 49.3 Å². The van der Waals surface area contributed by atoms with Crippen LogP contribution in [0.3, 0.4) is 0 Å². The van der Waals surface area contributed by atoms with Crippen molar-refractivity contribution in [2.24, 2.45) is 17.8 Å². The first-order valence-electron chi connectivity index (χ1n) is 9.01. The first-order chi connectivity index (χ1) is 13.0. The van der Waals surface area contributed by atoms with E-state index in [4.69, 9.17) is 32.7 Å². The zero-order valence-corrected chi connectivity index (χ0v) is 16.9. The van der Waals surface area contributed by atoms with Gasteiger partial charge in [0, 0.05) is 17.9 Å². The first-order valence-corrected chi connectivity index (χ1v) is 10.1. The van der Waals surface area contributed by atoms with E-state index in [0.29, 0.717) is 5.57 Å². The first kappa shape index (κ1) is 21.6. The van der Waals surface area contributed by atoms with Crippen LogP contribution in [-0.4, -0.2) is 68.5 Å². The van der Waals surface area contributed by atoms with Crippen LogP contribution in [0.4, 0.5) is 0 Å². The number of carbonyl (C=O) groups excluding carboxylic acids is 2. The minimum Gasteiger partial charge on any atom is -0.459 e. The van der Waals surface area contributed by atoms with Crippen molar-refractivity contribution in [3.8, 4) is 0 Å². The second-order valence-electron chi connectivity index (χ2n) is 8.14. The van der Waals surface area contributed by atoms with Gasteiger partial charge in [0.1, 0.15) is 17.8 Å². The predicted molar refractivity (Wildman–Crippen MR) is 101 cm³/mol.